The average molecular weight is 330 g/mol. The zero-order valence-corrected chi connectivity index (χ0v) is 14.4. The highest BCUT2D eigenvalue weighted by molar-refractivity contribution is 6.00. The molecule has 0 bridgehead atoms. The van der Waals surface area contributed by atoms with Crippen LogP contribution in [0.15, 0.2) is 47.5 Å². The lowest BCUT2D eigenvalue weighted by molar-refractivity contribution is 0.377. The van der Waals surface area contributed by atoms with Gasteiger partial charge in [0.1, 0.15) is 5.82 Å². The first kappa shape index (κ1) is 15.4. The first-order chi connectivity index (χ1) is 12.1. The van der Waals surface area contributed by atoms with E-state index in [9.17, 15) is 0 Å². The number of hydrogen-bond acceptors (Lipinski definition) is 5. The van der Waals surface area contributed by atoms with Crippen LogP contribution in [0.1, 0.15) is 29.4 Å². The van der Waals surface area contributed by atoms with Gasteiger partial charge in [-0.1, -0.05) is 36.4 Å². The number of benzene rings is 2. The fourth-order valence-corrected chi connectivity index (χ4v) is 3.17. The molecule has 3 aromatic rings. The van der Waals surface area contributed by atoms with E-state index in [2.05, 4.69) is 62.4 Å². The summed E-state index contributed by atoms with van der Waals surface area (Å²) in [5, 5.41) is 0. The van der Waals surface area contributed by atoms with E-state index >= 15 is 0 Å². The Labute approximate surface area is 146 Å². The Bertz CT molecular complexity index is 995. The van der Waals surface area contributed by atoms with E-state index in [0.717, 1.165) is 17.7 Å². The third kappa shape index (κ3) is 2.89. The summed E-state index contributed by atoms with van der Waals surface area (Å²) < 4.78 is 5.09. The predicted molar refractivity (Wildman–Crippen MR) is 97.7 cm³/mol. The molecule has 0 saturated heterocycles. The number of nitrogens with zero attached hydrogens (tertiary/aromatic N) is 4. The van der Waals surface area contributed by atoms with Crippen LogP contribution in [0.2, 0.25) is 0 Å². The van der Waals surface area contributed by atoms with E-state index in [0.29, 0.717) is 11.8 Å². The molecule has 124 valence electrons. The number of rotatable bonds is 3. The van der Waals surface area contributed by atoms with E-state index in [1.807, 2.05) is 6.92 Å². The van der Waals surface area contributed by atoms with Crippen molar-refractivity contribution >= 4 is 11.7 Å². The maximum absolute atomic E-state index is 5.09. The highest BCUT2D eigenvalue weighted by Crippen LogP contribution is 2.36. The Morgan fingerprint density at radius 3 is 2.64 bits per heavy atom. The van der Waals surface area contributed by atoms with Crippen molar-refractivity contribution in [3.8, 4) is 17.1 Å². The molecule has 5 heteroatoms. The molecule has 0 atom stereocenters. The van der Waals surface area contributed by atoms with Crippen LogP contribution in [-0.2, 0) is 6.42 Å². The third-order valence-electron chi connectivity index (χ3n) is 4.38. The van der Waals surface area contributed by atoms with Crippen LogP contribution in [0.4, 0.5) is 5.95 Å². The molecule has 1 heterocycles. The van der Waals surface area contributed by atoms with Crippen molar-refractivity contribution in [3.05, 3.63) is 65.0 Å². The summed E-state index contributed by atoms with van der Waals surface area (Å²) in [6.07, 6.45) is 0.964. The molecule has 0 radical (unpaired) electrons. The minimum absolute atomic E-state index is 0.281. The van der Waals surface area contributed by atoms with Gasteiger partial charge in [-0.2, -0.15) is 15.0 Å². The topological polar surface area (TPSA) is 60.3 Å². The first-order valence-corrected chi connectivity index (χ1v) is 8.17. The van der Waals surface area contributed by atoms with Gasteiger partial charge in [0.05, 0.1) is 7.11 Å². The molecule has 0 aliphatic heterocycles. The fourth-order valence-electron chi connectivity index (χ4n) is 3.17. The van der Waals surface area contributed by atoms with Crippen molar-refractivity contribution in [1.82, 2.24) is 15.0 Å². The van der Waals surface area contributed by atoms with Gasteiger partial charge in [0.25, 0.3) is 5.95 Å². The predicted octanol–water partition coefficient (Wildman–Crippen LogP) is 3.90. The largest absolute Gasteiger partial charge is 0.467 e. The highest BCUT2D eigenvalue weighted by atomic mass is 16.5. The van der Waals surface area contributed by atoms with E-state index < -0.39 is 0 Å². The van der Waals surface area contributed by atoms with Gasteiger partial charge in [0.2, 0.25) is 0 Å². The van der Waals surface area contributed by atoms with E-state index in [1.165, 1.54) is 29.4 Å². The molecule has 5 nitrogen and oxygen atoms in total. The molecule has 1 aromatic heterocycles. The quantitative estimate of drug-likeness (QED) is 0.535. The van der Waals surface area contributed by atoms with Crippen molar-refractivity contribution < 1.29 is 4.74 Å². The van der Waals surface area contributed by atoms with Crippen LogP contribution >= 0.6 is 0 Å². The zero-order valence-electron chi connectivity index (χ0n) is 14.4. The standard InChI is InChI=1S/C20H18N4O/c1-12(21-19-22-13(2)23-20(24-19)25-3)14-8-9-18-16(10-14)11-15-6-4-5-7-17(15)18/h4-10H,11H2,1-3H3. The van der Waals surface area contributed by atoms with E-state index in [4.69, 9.17) is 4.74 Å². The van der Waals surface area contributed by atoms with Gasteiger partial charge >= 0.3 is 6.01 Å². The summed E-state index contributed by atoms with van der Waals surface area (Å²) in [4.78, 5) is 17.1. The van der Waals surface area contributed by atoms with Gasteiger partial charge in [-0.15, -0.1) is 0 Å². The highest BCUT2D eigenvalue weighted by Gasteiger charge is 2.18. The molecule has 0 unspecified atom stereocenters. The second-order valence-electron chi connectivity index (χ2n) is 6.07. The lowest BCUT2D eigenvalue weighted by Gasteiger charge is -2.06. The number of ether oxygens (including phenoxy) is 1. The summed E-state index contributed by atoms with van der Waals surface area (Å²) >= 11 is 0. The minimum Gasteiger partial charge on any atom is -0.467 e. The van der Waals surface area contributed by atoms with Gasteiger partial charge in [-0.25, -0.2) is 4.99 Å². The lowest BCUT2D eigenvalue weighted by Crippen LogP contribution is -2.00. The van der Waals surface area contributed by atoms with Crippen LogP contribution in [0.3, 0.4) is 0 Å². The van der Waals surface area contributed by atoms with E-state index in [-0.39, 0.29) is 6.01 Å². The molecule has 0 fully saturated rings. The second-order valence-corrected chi connectivity index (χ2v) is 6.07. The maximum Gasteiger partial charge on any atom is 0.321 e. The summed E-state index contributed by atoms with van der Waals surface area (Å²) in [7, 11) is 1.54. The van der Waals surface area contributed by atoms with Crippen LogP contribution in [-0.4, -0.2) is 27.8 Å². The number of aliphatic imine (C=N–C) groups is 1. The van der Waals surface area contributed by atoms with Crippen molar-refractivity contribution in [2.24, 2.45) is 4.99 Å². The number of aromatic nitrogens is 3. The Morgan fingerprint density at radius 2 is 1.80 bits per heavy atom. The minimum atomic E-state index is 0.281. The fraction of sp³-hybridized carbons (Fsp3) is 0.200. The number of fused-ring (bicyclic) bond motifs is 3. The molecule has 0 saturated carbocycles. The molecule has 2 aromatic carbocycles. The van der Waals surface area contributed by atoms with Gasteiger partial charge < -0.3 is 4.74 Å². The van der Waals surface area contributed by atoms with Gasteiger partial charge in [-0.3, -0.25) is 0 Å². The van der Waals surface area contributed by atoms with Gasteiger partial charge in [0, 0.05) is 5.71 Å². The molecular formula is C20H18N4O. The first-order valence-electron chi connectivity index (χ1n) is 8.17. The average Bonchev–Trinajstić information content (AvgIpc) is 2.98. The van der Waals surface area contributed by atoms with Crippen LogP contribution in [0.5, 0.6) is 6.01 Å². The normalized spacial score (nSPS) is 12.7. The smallest absolute Gasteiger partial charge is 0.321 e. The summed E-state index contributed by atoms with van der Waals surface area (Å²) in [5.41, 5.74) is 7.29. The molecule has 0 N–H and O–H groups in total. The summed E-state index contributed by atoms with van der Waals surface area (Å²) in [6.45, 7) is 3.76. The Hall–Kier alpha value is -3.08. The monoisotopic (exact) mass is 330 g/mol. The van der Waals surface area contributed by atoms with E-state index in [1.54, 1.807) is 6.92 Å². The van der Waals surface area contributed by atoms with Crippen LogP contribution < -0.4 is 4.74 Å². The number of methoxy groups -OCH3 is 1. The second kappa shape index (κ2) is 6.09. The van der Waals surface area contributed by atoms with Crippen molar-refractivity contribution in [1.29, 1.82) is 0 Å². The zero-order chi connectivity index (χ0) is 17.4. The van der Waals surface area contributed by atoms with Crippen molar-refractivity contribution in [2.75, 3.05) is 7.11 Å². The van der Waals surface area contributed by atoms with Gasteiger partial charge in [0.15, 0.2) is 0 Å². The summed E-state index contributed by atoms with van der Waals surface area (Å²) in [5.74, 6) is 0.952. The Balaban J connectivity index is 1.69. The van der Waals surface area contributed by atoms with Crippen molar-refractivity contribution in [2.45, 2.75) is 20.3 Å². The maximum atomic E-state index is 5.09. The Morgan fingerprint density at radius 1 is 1.00 bits per heavy atom. The van der Waals surface area contributed by atoms with Crippen LogP contribution in [0, 0.1) is 6.92 Å². The van der Waals surface area contributed by atoms with Crippen LogP contribution in [0.25, 0.3) is 11.1 Å². The number of hydrogen-bond donors (Lipinski definition) is 0. The third-order valence-corrected chi connectivity index (χ3v) is 4.38. The van der Waals surface area contributed by atoms with Gasteiger partial charge in [-0.05, 0) is 54.2 Å². The molecule has 0 amide bonds. The molecule has 4 rings (SSSR count). The molecule has 0 spiro atoms. The molecular weight excluding hydrogens is 312 g/mol. The van der Waals surface area contributed by atoms with Crippen molar-refractivity contribution in [3.63, 3.8) is 0 Å². The molecule has 1 aliphatic rings. The SMILES string of the molecule is COc1nc(C)nc(N=C(C)c2ccc3c(c2)Cc2ccccc2-3)n1. The summed E-state index contributed by atoms with van der Waals surface area (Å²) in [6, 6.07) is 15.3. The Kier molecular flexibility index (Phi) is 3.76. The molecule has 25 heavy (non-hydrogen) atoms. The number of aryl methyl sites for hydroxylation is 1. The molecule has 1 aliphatic carbocycles. The lowest BCUT2D eigenvalue weighted by atomic mass is 10.0.